The van der Waals surface area contributed by atoms with Crippen LogP contribution in [0.15, 0.2) is 158 Å². The summed E-state index contributed by atoms with van der Waals surface area (Å²) in [4.78, 5) is 2.33. The van der Waals surface area contributed by atoms with Crippen molar-refractivity contribution in [1.29, 1.82) is 0 Å². The Balaban J connectivity index is 1.30. The second-order valence-corrected chi connectivity index (χ2v) is 13.8. The van der Waals surface area contributed by atoms with Gasteiger partial charge in [0, 0.05) is 75.5 Å². The maximum absolute atomic E-state index is 2.41. The Bertz CT molecular complexity index is 2560. The van der Waals surface area contributed by atoms with E-state index in [1.165, 1.54) is 79.4 Å². The highest BCUT2D eigenvalue weighted by Gasteiger charge is 2.19. The molecule has 0 radical (unpaired) electrons. The predicted molar refractivity (Wildman–Crippen MR) is 203 cm³/mol. The molecule has 0 amide bonds. The highest BCUT2D eigenvalue weighted by molar-refractivity contribution is 7.26. The Morgan fingerprint density at radius 3 is 1.59 bits per heavy atom. The maximum atomic E-state index is 2.41. The molecule has 0 saturated heterocycles. The summed E-state index contributed by atoms with van der Waals surface area (Å²) in [5.74, 6) is 0. The molecule has 0 N–H and O–H groups in total. The first kappa shape index (κ1) is 27.1. The first-order valence-electron chi connectivity index (χ1n) is 15.6. The number of hydrogen-bond acceptors (Lipinski definition) is 3. The molecule has 1 nitrogen and oxygen atoms in total. The number of fused-ring (bicyclic) bond motifs is 6. The van der Waals surface area contributed by atoms with Crippen LogP contribution in [-0.4, -0.2) is 7.05 Å². The van der Waals surface area contributed by atoms with Gasteiger partial charge >= 0.3 is 0 Å². The number of benzene rings is 7. The molecule has 0 unspecified atom stereocenters. The molecule has 2 heterocycles. The van der Waals surface area contributed by atoms with E-state index in [0.717, 1.165) is 5.69 Å². The van der Waals surface area contributed by atoms with Gasteiger partial charge in [-0.05, 0) is 47.0 Å². The molecule has 218 valence electrons. The Kier molecular flexibility index (Phi) is 6.48. The minimum absolute atomic E-state index is 1.16. The lowest BCUT2D eigenvalue weighted by Crippen LogP contribution is -2.11. The molecule has 0 spiro atoms. The first-order chi connectivity index (χ1) is 22.7. The van der Waals surface area contributed by atoms with Crippen LogP contribution in [0.5, 0.6) is 0 Å². The summed E-state index contributed by atoms with van der Waals surface area (Å²) in [6.07, 6.45) is 0. The van der Waals surface area contributed by atoms with Crippen LogP contribution < -0.4 is 4.90 Å². The lowest BCUT2D eigenvalue weighted by molar-refractivity contribution is 1.21. The fourth-order valence-corrected chi connectivity index (χ4v) is 9.34. The zero-order valence-electron chi connectivity index (χ0n) is 25.3. The van der Waals surface area contributed by atoms with Crippen molar-refractivity contribution in [3.63, 3.8) is 0 Å². The zero-order valence-corrected chi connectivity index (χ0v) is 26.9. The van der Waals surface area contributed by atoms with E-state index in [9.17, 15) is 0 Å². The molecule has 0 bridgehead atoms. The maximum Gasteiger partial charge on any atom is 0.0487 e. The fourth-order valence-electron chi connectivity index (χ4n) is 6.88. The zero-order chi connectivity index (χ0) is 30.6. The van der Waals surface area contributed by atoms with Crippen LogP contribution in [0.2, 0.25) is 0 Å². The van der Waals surface area contributed by atoms with Gasteiger partial charge in [-0.1, -0.05) is 127 Å². The van der Waals surface area contributed by atoms with Gasteiger partial charge in [0.05, 0.1) is 0 Å². The summed E-state index contributed by atoms with van der Waals surface area (Å²) >= 11 is 3.79. The average Bonchev–Trinajstić information content (AvgIpc) is 3.70. The van der Waals surface area contributed by atoms with E-state index < -0.39 is 0 Å². The van der Waals surface area contributed by atoms with Crippen molar-refractivity contribution in [2.24, 2.45) is 0 Å². The molecule has 9 aromatic rings. The van der Waals surface area contributed by atoms with Gasteiger partial charge < -0.3 is 4.90 Å². The standard InChI is InChI=1S/C43H29NS2/c1-44(39-22-8-5-15-30(39)28-13-3-2-4-14-28)29-25-26-31(34-18-11-19-35-32-16-6-9-23-40(32)45-42(34)35)38(27-29)37-21-12-20-36-33-17-7-10-24-41(33)46-43(36)37/h2-27H,1H3. The SMILES string of the molecule is CN(c1ccc(-c2cccc3c2sc2ccccc23)c(-c2cccc3c2sc2ccccc23)c1)c1ccccc1-c1ccccc1. The van der Waals surface area contributed by atoms with E-state index in [1.54, 1.807) is 0 Å². The van der Waals surface area contributed by atoms with E-state index in [0.29, 0.717) is 0 Å². The second-order valence-electron chi connectivity index (χ2n) is 11.7. The monoisotopic (exact) mass is 623 g/mol. The van der Waals surface area contributed by atoms with Gasteiger partial charge in [0.25, 0.3) is 0 Å². The number of thiophene rings is 2. The van der Waals surface area contributed by atoms with Gasteiger partial charge in [0.1, 0.15) is 0 Å². The highest BCUT2D eigenvalue weighted by Crippen LogP contribution is 2.47. The molecular formula is C43H29NS2. The summed E-state index contributed by atoms with van der Waals surface area (Å²) < 4.78 is 5.32. The molecule has 7 aromatic carbocycles. The van der Waals surface area contributed by atoms with Crippen molar-refractivity contribution in [1.82, 2.24) is 0 Å². The highest BCUT2D eigenvalue weighted by atomic mass is 32.1. The summed E-state index contributed by atoms with van der Waals surface area (Å²) in [7, 11) is 2.19. The molecular weight excluding hydrogens is 595 g/mol. The average molecular weight is 624 g/mol. The van der Waals surface area contributed by atoms with E-state index in [4.69, 9.17) is 0 Å². The van der Waals surface area contributed by atoms with Crippen molar-refractivity contribution in [3.8, 4) is 33.4 Å². The molecule has 0 saturated carbocycles. The molecule has 0 aliphatic heterocycles. The summed E-state index contributed by atoms with van der Waals surface area (Å²) in [5, 5.41) is 5.29. The molecule has 0 fully saturated rings. The van der Waals surface area contributed by atoms with Crippen molar-refractivity contribution in [3.05, 3.63) is 158 Å². The lowest BCUT2D eigenvalue weighted by Gasteiger charge is -2.25. The number of anilines is 2. The summed E-state index contributed by atoms with van der Waals surface area (Å²) in [6.45, 7) is 0. The van der Waals surface area contributed by atoms with Crippen molar-refractivity contribution in [2.45, 2.75) is 0 Å². The van der Waals surface area contributed by atoms with Crippen molar-refractivity contribution < 1.29 is 0 Å². The van der Waals surface area contributed by atoms with Gasteiger partial charge in [-0.2, -0.15) is 0 Å². The summed E-state index contributed by atoms with van der Waals surface area (Å²) in [6, 6.07) is 57.6. The second kappa shape index (κ2) is 11.0. The number of nitrogens with zero attached hydrogens (tertiary/aromatic N) is 1. The molecule has 0 aliphatic carbocycles. The largest absolute Gasteiger partial charge is 0.344 e. The Morgan fingerprint density at radius 1 is 0.391 bits per heavy atom. The van der Waals surface area contributed by atoms with E-state index in [-0.39, 0.29) is 0 Å². The molecule has 2 aromatic heterocycles. The quantitative estimate of drug-likeness (QED) is 0.184. The number of hydrogen-bond donors (Lipinski definition) is 0. The minimum atomic E-state index is 1.16. The normalized spacial score (nSPS) is 11.6. The molecule has 0 aliphatic rings. The van der Waals surface area contributed by atoms with Crippen molar-refractivity contribution in [2.75, 3.05) is 11.9 Å². The van der Waals surface area contributed by atoms with Crippen LogP contribution in [0, 0.1) is 0 Å². The van der Waals surface area contributed by atoms with E-state index >= 15 is 0 Å². The molecule has 46 heavy (non-hydrogen) atoms. The smallest absolute Gasteiger partial charge is 0.0487 e. The number of para-hydroxylation sites is 1. The summed E-state index contributed by atoms with van der Waals surface area (Å²) in [5.41, 5.74) is 9.84. The van der Waals surface area contributed by atoms with Crippen LogP contribution in [0.25, 0.3) is 73.7 Å². The molecule has 0 atom stereocenters. The Hall–Kier alpha value is -5.22. The van der Waals surface area contributed by atoms with Gasteiger partial charge in [-0.3, -0.25) is 0 Å². The van der Waals surface area contributed by atoms with Gasteiger partial charge in [-0.15, -0.1) is 22.7 Å². The van der Waals surface area contributed by atoms with E-state index in [1.807, 2.05) is 22.7 Å². The van der Waals surface area contributed by atoms with Crippen LogP contribution in [0.1, 0.15) is 0 Å². The Morgan fingerprint density at radius 2 is 0.913 bits per heavy atom. The van der Waals surface area contributed by atoms with Gasteiger partial charge in [0.15, 0.2) is 0 Å². The topological polar surface area (TPSA) is 3.24 Å². The first-order valence-corrected chi connectivity index (χ1v) is 17.2. The van der Waals surface area contributed by atoms with Crippen LogP contribution in [0.4, 0.5) is 11.4 Å². The van der Waals surface area contributed by atoms with Crippen molar-refractivity contribution >= 4 is 74.4 Å². The minimum Gasteiger partial charge on any atom is -0.344 e. The Labute approximate surface area is 276 Å². The number of rotatable bonds is 5. The molecule has 9 rings (SSSR count). The third kappa shape index (κ3) is 4.35. The van der Waals surface area contributed by atoms with E-state index in [2.05, 4.69) is 170 Å². The fraction of sp³-hybridized carbons (Fsp3) is 0.0233. The van der Waals surface area contributed by atoms with Crippen LogP contribution >= 0.6 is 22.7 Å². The predicted octanol–water partition coefficient (Wildman–Crippen LogP) is 13.2. The van der Waals surface area contributed by atoms with Gasteiger partial charge in [0.2, 0.25) is 0 Å². The molecule has 3 heteroatoms. The van der Waals surface area contributed by atoms with Crippen LogP contribution in [0.3, 0.4) is 0 Å². The van der Waals surface area contributed by atoms with Gasteiger partial charge in [-0.25, -0.2) is 0 Å². The third-order valence-corrected chi connectivity index (χ3v) is 11.6. The lowest BCUT2D eigenvalue weighted by atomic mass is 9.92. The van der Waals surface area contributed by atoms with Crippen LogP contribution in [-0.2, 0) is 0 Å². The third-order valence-electron chi connectivity index (χ3n) is 9.13.